The molecular formula is C9H10BrF2N3. The molecule has 0 unspecified atom stereocenters. The van der Waals surface area contributed by atoms with Gasteiger partial charge in [-0.2, -0.15) is 0 Å². The van der Waals surface area contributed by atoms with Gasteiger partial charge in [-0.1, -0.05) is 6.07 Å². The largest absolute Gasteiger partial charge is 0.383 e. The van der Waals surface area contributed by atoms with Gasteiger partial charge in [0.2, 0.25) is 0 Å². The molecule has 0 aromatic carbocycles. The number of pyridine rings is 1. The number of anilines is 1. The van der Waals surface area contributed by atoms with Crippen LogP contribution < -0.4 is 5.73 Å². The van der Waals surface area contributed by atoms with Crippen molar-refractivity contribution in [3.63, 3.8) is 0 Å². The predicted molar refractivity (Wildman–Crippen MR) is 56.6 cm³/mol. The first-order valence-corrected chi connectivity index (χ1v) is 5.27. The molecule has 0 spiro atoms. The Labute approximate surface area is 94.4 Å². The number of rotatable bonds is 2. The number of nitrogens with two attached hydrogens (primary N) is 1. The van der Waals surface area contributed by atoms with Gasteiger partial charge in [0.1, 0.15) is 10.4 Å². The molecule has 1 aromatic rings. The van der Waals surface area contributed by atoms with Gasteiger partial charge in [-0.05, 0) is 22.0 Å². The van der Waals surface area contributed by atoms with E-state index in [0.717, 1.165) is 5.56 Å². The van der Waals surface area contributed by atoms with Crippen LogP contribution in [0.2, 0.25) is 0 Å². The summed E-state index contributed by atoms with van der Waals surface area (Å²) in [5.41, 5.74) is 6.45. The molecule has 1 fully saturated rings. The highest BCUT2D eigenvalue weighted by atomic mass is 79.9. The van der Waals surface area contributed by atoms with Crippen LogP contribution in [-0.4, -0.2) is 28.9 Å². The monoisotopic (exact) mass is 277 g/mol. The molecule has 1 aromatic heterocycles. The van der Waals surface area contributed by atoms with E-state index < -0.39 is 5.92 Å². The van der Waals surface area contributed by atoms with Gasteiger partial charge in [0.25, 0.3) is 5.92 Å². The fourth-order valence-electron chi connectivity index (χ4n) is 1.57. The fraction of sp³-hybridized carbons (Fsp3) is 0.444. The summed E-state index contributed by atoms with van der Waals surface area (Å²) in [4.78, 5) is 5.64. The van der Waals surface area contributed by atoms with Crippen LogP contribution in [-0.2, 0) is 6.54 Å². The maximum atomic E-state index is 12.6. The molecule has 1 aliphatic heterocycles. The lowest BCUT2D eigenvalue weighted by molar-refractivity contribution is -0.133. The van der Waals surface area contributed by atoms with Crippen LogP contribution in [0.1, 0.15) is 5.56 Å². The molecule has 1 saturated heterocycles. The molecule has 0 radical (unpaired) electrons. The quantitative estimate of drug-likeness (QED) is 0.840. The van der Waals surface area contributed by atoms with Crippen molar-refractivity contribution >= 4 is 21.7 Å². The van der Waals surface area contributed by atoms with E-state index in [9.17, 15) is 8.78 Å². The third kappa shape index (κ3) is 2.43. The normalized spacial score (nSPS) is 19.9. The van der Waals surface area contributed by atoms with Gasteiger partial charge < -0.3 is 5.73 Å². The average molecular weight is 278 g/mol. The van der Waals surface area contributed by atoms with Crippen LogP contribution in [0.15, 0.2) is 16.7 Å². The van der Waals surface area contributed by atoms with Crippen LogP contribution in [0.3, 0.4) is 0 Å². The fourth-order valence-corrected chi connectivity index (χ4v) is 1.90. The summed E-state index contributed by atoms with van der Waals surface area (Å²) in [6, 6.07) is 3.55. The molecule has 82 valence electrons. The molecule has 0 atom stereocenters. The topological polar surface area (TPSA) is 42.1 Å². The molecule has 3 nitrogen and oxygen atoms in total. The van der Waals surface area contributed by atoms with E-state index in [4.69, 9.17) is 5.73 Å². The van der Waals surface area contributed by atoms with E-state index in [-0.39, 0.29) is 13.1 Å². The maximum Gasteiger partial charge on any atom is 0.272 e. The third-order valence-corrected chi connectivity index (χ3v) is 2.72. The molecule has 2 rings (SSSR count). The van der Waals surface area contributed by atoms with Crippen molar-refractivity contribution in [1.29, 1.82) is 0 Å². The van der Waals surface area contributed by atoms with E-state index in [2.05, 4.69) is 20.9 Å². The zero-order valence-corrected chi connectivity index (χ0v) is 9.47. The highest BCUT2D eigenvalue weighted by molar-refractivity contribution is 9.10. The molecule has 0 aliphatic carbocycles. The maximum absolute atomic E-state index is 12.6. The number of hydrogen-bond acceptors (Lipinski definition) is 3. The number of hydrogen-bond donors (Lipinski definition) is 1. The second-order valence-corrected chi connectivity index (χ2v) is 4.49. The van der Waals surface area contributed by atoms with Gasteiger partial charge in [0, 0.05) is 12.1 Å². The van der Waals surface area contributed by atoms with Crippen LogP contribution >= 0.6 is 15.9 Å². The van der Waals surface area contributed by atoms with Crippen molar-refractivity contribution in [2.45, 2.75) is 12.5 Å². The van der Waals surface area contributed by atoms with Crippen molar-refractivity contribution < 1.29 is 8.78 Å². The zero-order chi connectivity index (χ0) is 11.1. The van der Waals surface area contributed by atoms with E-state index >= 15 is 0 Å². The van der Waals surface area contributed by atoms with Crippen molar-refractivity contribution in [3.8, 4) is 0 Å². The summed E-state index contributed by atoms with van der Waals surface area (Å²) in [5, 5.41) is 0. The molecule has 15 heavy (non-hydrogen) atoms. The van der Waals surface area contributed by atoms with Crippen molar-refractivity contribution in [3.05, 3.63) is 22.3 Å². The highest BCUT2D eigenvalue weighted by Crippen LogP contribution is 2.28. The zero-order valence-electron chi connectivity index (χ0n) is 7.88. The predicted octanol–water partition coefficient (Wildman–Crippen LogP) is 1.88. The molecule has 0 bridgehead atoms. The number of likely N-dealkylation sites (tertiary alicyclic amines) is 1. The van der Waals surface area contributed by atoms with Gasteiger partial charge in [0.05, 0.1) is 13.1 Å². The summed E-state index contributed by atoms with van der Waals surface area (Å²) in [5.74, 6) is -2.14. The van der Waals surface area contributed by atoms with E-state index in [1.54, 1.807) is 17.0 Å². The second kappa shape index (κ2) is 3.68. The first-order valence-electron chi connectivity index (χ1n) is 4.47. The standard InChI is InChI=1S/C9H10BrF2N3/c10-7-2-1-6(8(13)14-7)3-15-4-9(11,12)5-15/h1-2H,3-5H2,(H2,13,14). The summed E-state index contributed by atoms with van der Waals surface area (Å²) in [6.07, 6.45) is 0. The van der Waals surface area contributed by atoms with E-state index in [0.29, 0.717) is 17.0 Å². The Morgan fingerprint density at radius 2 is 2.13 bits per heavy atom. The minimum atomic E-state index is -2.53. The van der Waals surface area contributed by atoms with Crippen LogP contribution in [0.25, 0.3) is 0 Å². The van der Waals surface area contributed by atoms with Gasteiger partial charge in [-0.15, -0.1) is 0 Å². The second-order valence-electron chi connectivity index (χ2n) is 3.68. The number of halogens is 3. The molecule has 0 amide bonds. The molecule has 0 saturated carbocycles. The molecular weight excluding hydrogens is 268 g/mol. The molecule has 2 heterocycles. The minimum absolute atomic E-state index is 0.192. The van der Waals surface area contributed by atoms with E-state index in [1.807, 2.05) is 0 Å². The minimum Gasteiger partial charge on any atom is -0.383 e. The van der Waals surface area contributed by atoms with Crippen molar-refractivity contribution in [2.75, 3.05) is 18.8 Å². The van der Waals surface area contributed by atoms with Crippen molar-refractivity contribution in [2.24, 2.45) is 0 Å². The SMILES string of the molecule is Nc1nc(Br)ccc1CN1CC(F)(F)C1. The lowest BCUT2D eigenvalue weighted by Gasteiger charge is -2.38. The van der Waals surface area contributed by atoms with Crippen LogP contribution in [0.4, 0.5) is 14.6 Å². The summed E-state index contributed by atoms with van der Waals surface area (Å²) >= 11 is 3.19. The summed E-state index contributed by atoms with van der Waals surface area (Å²) in [7, 11) is 0. The molecule has 6 heteroatoms. The Hall–Kier alpha value is -0.750. The smallest absolute Gasteiger partial charge is 0.272 e. The molecule has 2 N–H and O–H groups in total. The highest BCUT2D eigenvalue weighted by Gasteiger charge is 2.43. The van der Waals surface area contributed by atoms with Crippen LogP contribution in [0, 0.1) is 0 Å². The van der Waals surface area contributed by atoms with Gasteiger partial charge in [0.15, 0.2) is 0 Å². The number of nitrogens with zero attached hydrogens (tertiary/aromatic N) is 2. The van der Waals surface area contributed by atoms with Crippen LogP contribution in [0.5, 0.6) is 0 Å². The average Bonchev–Trinajstić information content (AvgIpc) is 2.06. The summed E-state index contributed by atoms with van der Waals surface area (Å²) in [6.45, 7) is 0.0483. The molecule has 1 aliphatic rings. The van der Waals surface area contributed by atoms with E-state index in [1.165, 1.54) is 0 Å². The number of aromatic nitrogens is 1. The Morgan fingerprint density at radius 1 is 1.47 bits per heavy atom. The number of alkyl halides is 2. The Morgan fingerprint density at radius 3 is 2.67 bits per heavy atom. The van der Waals surface area contributed by atoms with Gasteiger partial charge in [-0.25, -0.2) is 13.8 Å². The first kappa shape index (κ1) is 10.8. The third-order valence-electron chi connectivity index (χ3n) is 2.28. The lowest BCUT2D eigenvalue weighted by Crippen LogP contribution is -2.55. The lowest BCUT2D eigenvalue weighted by atomic mass is 10.1. The summed E-state index contributed by atoms with van der Waals surface area (Å²) < 4.78 is 25.8. The van der Waals surface area contributed by atoms with Gasteiger partial charge in [-0.3, -0.25) is 4.90 Å². The Kier molecular flexibility index (Phi) is 2.64. The Bertz CT molecular complexity index is 376. The Balaban J connectivity index is 2.00. The van der Waals surface area contributed by atoms with Crippen molar-refractivity contribution in [1.82, 2.24) is 9.88 Å². The first-order chi connectivity index (χ1) is 6.96. The number of nitrogen functional groups attached to an aromatic ring is 1. The van der Waals surface area contributed by atoms with Gasteiger partial charge >= 0.3 is 0 Å².